The van der Waals surface area contributed by atoms with Crippen LogP contribution in [0.25, 0.3) is 10.8 Å². The molecule has 148 valence electrons. The number of fused-ring (bicyclic) bond motifs is 2. The summed E-state index contributed by atoms with van der Waals surface area (Å²) in [6, 6.07) is 12.8. The van der Waals surface area contributed by atoms with Gasteiger partial charge in [-0.25, -0.2) is 0 Å². The Balaban J connectivity index is 1.80. The van der Waals surface area contributed by atoms with E-state index in [0.29, 0.717) is 35.1 Å². The molecule has 6 nitrogen and oxygen atoms in total. The van der Waals surface area contributed by atoms with Crippen molar-refractivity contribution in [2.75, 3.05) is 19.0 Å². The van der Waals surface area contributed by atoms with Gasteiger partial charge in [0.2, 0.25) is 11.8 Å². The van der Waals surface area contributed by atoms with Gasteiger partial charge in [0.1, 0.15) is 5.75 Å². The van der Waals surface area contributed by atoms with E-state index >= 15 is 0 Å². The van der Waals surface area contributed by atoms with Crippen molar-refractivity contribution in [3.63, 3.8) is 0 Å². The summed E-state index contributed by atoms with van der Waals surface area (Å²) in [5.74, 6) is 0.0471. The Morgan fingerprint density at radius 2 is 2.03 bits per heavy atom. The van der Waals surface area contributed by atoms with Gasteiger partial charge in [-0.15, -0.1) is 0 Å². The maximum atomic E-state index is 13.6. The van der Waals surface area contributed by atoms with Crippen LogP contribution in [-0.2, 0) is 15.0 Å². The molecule has 1 aliphatic heterocycles. The Kier molecular flexibility index (Phi) is 5.11. The number of nitrogens with one attached hydrogen (secondary N) is 2. The third-order valence-electron chi connectivity index (χ3n) is 5.34. The number of amides is 2. The van der Waals surface area contributed by atoms with Gasteiger partial charge in [-0.2, -0.15) is 0 Å². The van der Waals surface area contributed by atoms with Gasteiger partial charge in [-0.05, 0) is 18.2 Å². The molecule has 0 radical (unpaired) electrons. The minimum absolute atomic E-state index is 0.00969. The van der Waals surface area contributed by atoms with Crippen molar-refractivity contribution >= 4 is 39.9 Å². The number of hydrogen-bond donors (Lipinski definition) is 2. The molecule has 1 atom stereocenters. The monoisotopic (exact) mass is 409 g/mol. The van der Waals surface area contributed by atoms with Crippen molar-refractivity contribution in [2.45, 2.75) is 18.3 Å². The number of rotatable bonds is 4. The van der Waals surface area contributed by atoms with E-state index in [9.17, 15) is 9.59 Å². The van der Waals surface area contributed by atoms with E-state index < -0.39 is 5.41 Å². The zero-order chi connectivity index (χ0) is 20.4. The lowest BCUT2D eigenvalue weighted by Crippen LogP contribution is -2.47. The first kappa shape index (κ1) is 19.2. The van der Waals surface area contributed by atoms with Gasteiger partial charge in [-0.1, -0.05) is 35.9 Å². The van der Waals surface area contributed by atoms with Crippen LogP contribution in [0.3, 0.4) is 0 Å². The van der Waals surface area contributed by atoms with Crippen LogP contribution in [0.2, 0.25) is 5.02 Å². The number of anilines is 1. The van der Waals surface area contributed by atoms with Gasteiger partial charge in [0.25, 0.3) is 0 Å². The number of benzene rings is 2. The lowest BCUT2D eigenvalue weighted by atomic mass is 9.72. The lowest BCUT2D eigenvalue weighted by Gasteiger charge is -2.37. The topological polar surface area (TPSA) is 80.3 Å². The summed E-state index contributed by atoms with van der Waals surface area (Å²) in [5, 5.41) is 7.91. The third kappa shape index (κ3) is 3.51. The van der Waals surface area contributed by atoms with Crippen molar-refractivity contribution in [1.29, 1.82) is 0 Å². The standard InChI is InChI=1S/C22H20ClN3O3/c1-24-20(27)11-22(8-9-29-19-7-6-15(23)10-17(19)22)21(28)26-18-13-25-12-14-4-2-3-5-16(14)18/h2-7,10,12-13H,8-9,11H2,1H3,(H,24,27)(H,26,28)/t22-/m0/s1. The van der Waals surface area contributed by atoms with Crippen LogP contribution in [0.1, 0.15) is 18.4 Å². The van der Waals surface area contributed by atoms with Crippen LogP contribution in [0.15, 0.2) is 54.9 Å². The molecule has 2 aromatic carbocycles. The van der Waals surface area contributed by atoms with Crippen LogP contribution in [0, 0.1) is 0 Å². The van der Waals surface area contributed by atoms with Crippen molar-refractivity contribution in [1.82, 2.24) is 10.3 Å². The van der Waals surface area contributed by atoms with Gasteiger partial charge in [0, 0.05) is 47.4 Å². The van der Waals surface area contributed by atoms with E-state index in [0.717, 1.165) is 10.8 Å². The molecular weight excluding hydrogens is 390 g/mol. The summed E-state index contributed by atoms with van der Waals surface area (Å²) in [6.45, 7) is 0.326. The highest BCUT2D eigenvalue weighted by Crippen LogP contribution is 2.43. The molecule has 1 aromatic heterocycles. The Morgan fingerprint density at radius 1 is 1.21 bits per heavy atom. The number of carbonyl (C=O) groups is 2. The molecule has 2 N–H and O–H groups in total. The number of pyridine rings is 1. The van der Waals surface area contributed by atoms with E-state index in [1.54, 1.807) is 37.6 Å². The minimum Gasteiger partial charge on any atom is -0.493 e. The summed E-state index contributed by atoms with van der Waals surface area (Å²) < 4.78 is 5.74. The summed E-state index contributed by atoms with van der Waals surface area (Å²) in [4.78, 5) is 30.2. The second-order valence-electron chi connectivity index (χ2n) is 7.03. The van der Waals surface area contributed by atoms with E-state index in [4.69, 9.17) is 16.3 Å². The van der Waals surface area contributed by atoms with E-state index in [1.807, 2.05) is 24.3 Å². The average molecular weight is 410 g/mol. The average Bonchev–Trinajstić information content (AvgIpc) is 2.74. The quantitative estimate of drug-likeness (QED) is 0.688. The van der Waals surface area contributed by atoms with Gasteiger partial charge in [-0.3, -0.25) is 14.6 Å². The number of carbonyl (C=O) groups excluding carboxylic acids is 2. The highest BCUT2D eigenvalue weighted by molar-refractivity contribution is 6.30. The fraction of sp³-hybridized carbons (Fsp3) is 0.227. The molecule has 3 aromatic rings. The number of nitrogens with zero attached hydrogens (tertiary/aromatic N) is 1. The van der Waals surface area contributed by atoms with Crippen molar-refractivity contribution in [3.05, 3.63) is 65.4 Å². The maximum Gasteiger partial charge on any atom is 0.235 e. The Hall–Kier alpha value is -3.12. The first-order valence-corrected chi connectivity index (χ1v) is 9.69. The zero-order valence-electron chi connectivity index (χ0n) is 15.9. The second kappa shape index (κ2) is 7.72. The van der Waals surface area contributed by atoms with Crippen LogP contribution in [0.5, 0.6) is 5.75 Å². The lowest BCUT2D eigenvalue weighted by molar-refractivity contribution is -0.129. The molecular formula is C22H20ClN3O3. The normalized spacial score (nSPS) is 17.9. The third-order valence-corrected chi connectivity index (χ3v) is 5.57. The molecule has 0 spiro atoms. The molecule has 29 heavy (non-hydrogen) atoms. The van der Waals surface area contributed by atoms with Gasteiger partial charge < -0.3 is 15.4 Å². The zero-order valence-corrected chi connectivity index (χ0v) is 16.6. The summed E-state index contributed by atoms with van der Waals surface area (Å²) in [5.41, 5.74) is 0.111. The number of halogens is 1. The van der Waals surface area contributed by atoms with Crippen LogP contribution < -0.4 is 15.4 Å². The van der Waals surface area contributed by atoms with E-state index in [2.05, 4.69) is 15.6 Å². The van der Waals surface area contributed by atoms with Crippen molar-refractivity contribution < 1.29 is 14.3 Å². The fourth-order valence-corrected chi connectivity index (χ4v) is 3.96. The Bertz CT molecular complexity index is 1100. The SMILES string of the molecule is CNC(=O)C[C@@]1(C(=O)Nc2cncc3ccccc23)CCOc2ccc(Cl)cc21. The van der Waals surface area contributed by atoms with E-state index in [1.165, 1.54) is 0 Å². The molecule has 2 amide bonds. The van der Waals surface area contributed by atoms with Crippen molar-refractivity contribution in [2.24, 2.45) is 0 Å². The maximum absolute atomic E-state index is 13.6. The minimum atomic E-state index is -1.10. The number of aromatic nitrogens is 1. The molecule has 0 saturated heterocycles. The van der Waals surface area contributed by atoms with Gasteiger partial charge in [0.05, 0.1) is 23.9 Å². The first-order valence-electron chi connectivity index (χ1n) is 9.31. The predicted octanol–water partition coefficient (Wildman–Crippen LogP) is 3.68. The van der Waals surface area contributed by atoms with Gasteiger partial charge >= 0.3 is 0 Å². The summed E-state index contributed by atoms with van der Waals surface area (Å²) in [7, 11) is 1.56. The Morgan fingerprint density at radius 3 is 2.86 bits per heavy atom. The largest absolute Gasteiger partial charge is 0.493 e. The molecule has 1 aliphatic rings. The van der Waals surface area contributed by atoms with Gasteiger partial charge in [0.15, 0.2) is 0 Å². The highest BCUT2D eigenvalue weighted by atomic mass is 35.5. The molecule has 0 fully saturated rings. The molecule has 7 heteroatoms. The molecule has 0 unspecified atom stereocenters. The summed E-state index contributed by atoms with van der Waals surface area (Å²) >= 11 is 6.22. The predicted molar refractivity (Wildman–Crippen MR) is 112 cm³/mol. The molecule has 0 bridgehead atoms. The van der Waals surface area contributed by atoms with Crippen LogP contribution >= 0.6 is 11.6 Å². The summed E-state index contributed by atoms with van der Waals surface area (Å²) in [6.07, 6.45) is 3.71. The molecule has 0 aliphatic carbocycles. The molecule has 4 rings (SSSR count). The molecule has 0 saturated carbocycles. The highest BCUT2D eigenvalue weighted by Gasteiger charge is 2.46. The van der Waals surface area contributed by atoms with E-state index in [-0.39, 0.29) is 18.2 Å². The Labute approximate surface area is 173 Å². The number of ether oxygens (including phenoxy) is 1. The number of hydrogen-bond acceptors (Lipinski definition) is 4. The van der Waals surface area contributed by atoms with Crippen molar-refractivity contribution in [3.8, 4) is 5.75 Å². The van der Waals surface area contributed by atoms with Crippen LogP contribution in [0.4, 0.5) is 5.69 Å². The fourth-order valence-electron chi connectivity index (χ4n) is 3.79. The smallest absolute Gasteiger partial charge is 0.235 e. The van der Waals surface area contributed by atoms with Crippen LogP contribution in [-0.4, -0.2) is 30.5 Å². The molecule has 2 heterocycles. The first-order chi connectivity index (χ1) is 14.0. The second-order valence-corrected chi connectivity index (χ2v) is 7.47.